The third-order valence-electron chi connectivity index (χ3n) is 4.76. The van der Waals surface area contributed by atoms with Crippen molar-refractivity contribution in [2.75, 3.05) is 7.11 Å². The van der Waals surface area contributed by atoms with Crippen molar-refractivity contribution in [2.45, 2.75) is 13.2 Å². The summed E-state index contributed by atoms with van der Waals surface area (Å²) in [4.78, 5) is 12.0. The quantitative estimate of drug-likeness (QED) is 0.578. The monoisotopic (exact) mass is 362 g/mol. The van der Waals surface area contributed by atoms with Gasteiger partial charge in [0.25, 0.3) is 0 Å². The van der Waals surface area contributed by atoms with Gasteiger partial charge in [0.2, 0.25) is 5.91 Å². The van der Waals surface area contributed by atoms with E-state index in [1.54, 1.807) is 19.2 Å². The van der Waals surface area contributed by atoms with Crippen LogP contribution >= 0.6 is 0 Å². The van der Waals surface area contributed by atoms with Crippen molar-refractivity contribution in [1.29, 1.82) is 0 Å². The molecule has 4 nitrogen and oxygen atoms in total. The molecule has 0 fully saturated rings. The van der Waals surface area contributed by atoms with Gasteiger partial charge in [-0.1, -0.05) is 30.3 Å². The second kappa shape index (κ2) is 6.85. The third-order valence-corrected chi connectivity index (χ3v) is 4.76. The van der Waals surface area contributed by atoms with Crippen LogP contribution in [0.3, 0.4) is 0 Å². The summed E-state index contributed by atoms with van der Waals surface area (Å²) in [6.45, 7) is 0.969. The molecule has 0 saturated heterocycles. The molecule has 0 spiro atoms. The molecule has 0 aliphatic carbocycles. The molecule has 0 saturated carbocycles. The second-order valence-corrected chi connectivity index (χ2v) is 6.56. The van der Waals surface area contributed by atoms with Crippen molar-refractivity contribution in [3.8, 4) is 0 Å². The van der Waals surface area contributed by atoms with Crippen LogP contribution in [0.5, 0.6) is 0 Å². The Balaban J connectivity index is 2.02. The van der Waals surface area contributed by atoms with E-state index < -0.39 is 5.91 Å². The first-order valence-electron chi connectivity index (χ1n) is 8.65. The summed E-state index contributed by atoms with van der Waals surface area (Å²) in [6, 6.07) is 18.1. The molecule has 0 aliphatic heterocycles. The average molecular weight is 362 g/mol. The lowest BCUT2D eigenvalue weighted by Gasteiger charge is -2.09. The van der Waals surface area contributed by atoms with Crippen LogP contribution in [0.15, 0.2) is 60.7 Å². The fraction of sp³-hybridized carbons (Fsp3) is 0.136. The molecule has 27 heavy (non-hydrogen) atoms. The molecule has 4 rings (SSSR count). The minimum atomic E-state index is -0.466. The summed E-state index contributed by atoms with van der Waals surface area (Å²) >= 11 is 0. The number of methoxy groups -OCH3 is 1. The summed E-state index contributed by atoms with van der Waals surface area (Å²) in [6.07, 6.45) is 0. The van der Waals surface area contributed by atoms with E-state index in [2.05, 4.69) is 4.57 Å². The first-order valence-corrected chi connectivity index (χ1v) is 8.65. The van der Waals surface area contributed by atoms with Crippen molar-refractivity contribution in [2.24, 2.45) is 5.73 Å². The highest BCUT2D eigenvalue weighted by Gasteiger charge is 2.17. The van der Waals surface area contributed by atoms with Gasteiger partial charge in [0.15, 0.2) is 0 Å². The number of fused-ring (bicyclic) bond motifs is 3. The first kappa shape index (κ1) is 17.2. The molecule has 0 atom stereocenters. The molecule has 3 aromatic carbocycles. The molecular formula is C22H19FN2O2. The van der Waals surface area contributed by atoms with Crippen molar-refractivity contribution in [3.63, 3.8) is 0 Å². The highest BCUT2D eigenvalue weighted by molar-refractivity contribution is 6.17. The van der Waals surface area contributed by atoms with Crippen LogP contribution in [0.1, 0.15) is 21.5 Å². The van der Waals surface area contributed by atoms with Gasteiger partial charge in [0, 0.05) is 35.5 Å². The number of nitrogens with two attached hydrogens (primary N) is 1. The van der Waals surface area contributed by atoms with Gasteiger partial charge in [0.05, 0.1) is 12.1 Å². The number of nitrogens with zero attached hydrogens (tertiary/aromatic N) is 1. The van der Waals surface area contributed by atoms with Crippen LogP contribution in [0.4, 0.5) is 4.39 Å². The Morgan fingerprint density at radius 2 is 1.85 bits per heavy atom. The normalized spacial score (nSPS) is 11.3. The van der Waals surface area contributed by atoms with Gasteiger partial charge in [-0.25, -0.2) is 4.39 Å². The van der Waals surface area contributed by atoms with Crippen molar-refractivity contribution in [3.05, 3.63) is 83.2 Å². The summed E-state index contributed by atoms with van der Waals surface area (Å²) in [5.41, 5.74) is 9.80. The van der Waals surface area contributed by atoms with Crippen molar-refractivity contribution < 1.29 is 13.9 Å². The van der Waals surface area contributed by atoms with Gasteiger partial charge in [-0.15, -0.1) is 0 Å². The molecule has 1 heterocycles. The molecule has 136 valence electrons. The summed E-state index contributed by atoms with van der Waals surface area (Å²) in [7, 11) is 1.65. The van der Waals surface area contributed by atoms with Gasteiger partial charge >= 0.3 is 0 Å². The molecule has 0 unspecified atom stereocenters. The van der Waals surface area contributed by atoms with Crippen molar-refractivity contribution in [1.82, 2.24) is 4.57 Å². The Hall–Kier alpha value is -3.18. The molecule has 2 N–H and O–H groups in total. The lowest BCUT2D eigenvalue weighted by molar-refractivity contribution is 0.100. The Morgan fingerprint density at radius 3 is 2.59 bits per heavy atom. The molecule has 5 heteroatoms. The number of primary amides is 1. The number of aromatic nitrogens is 1. The smallest absolute Gasteiger partial charge is 0.249 e. The highest BCUT2D eigenvalue weighted by Crippen LogP contribution is 2.33. The van der Waals surface area contributed by atoms with E-state index in [4.69, 9.17) is 10.5 Å². The fourth-order valence-corrected chi connectivity index (χ4v) is 3.64. The number of rotatable bonds is 5. The largest absolute Gasteiger partial charge is 0.380 e. The van der Waals surface area contributed by atoms with E-state index in [0.717, 1.165) is 32.9 Å². The van der Waals surface area contributed by atoms with Crippen LogP contribution in [0.25, 0.3) is 21.8 Å². The maximum Gasteiger partial charge on any atom is 0.249 e. The number of halogens is 1. The highest BCUT2D eigenvalue weighted by atomic mass is 19.1. The van der Waals surface area contributed by atoms with Crippen LogP contribution in [0, 0.1) is 5.82 Å². The predicted octanol–water partition coefficient (Wildman–Crippen LogP) is 4.23. The molecule has 0 radical (unpaired) electrons. The number of carbonyl (C=O) groups is 1. The van der Waals surface area contributed by atoms with Crippen LogP contribution < -0.4 is 5.73 Å². The number of benzene rings is 3. The third kappa shape index (κ3) is 3.06. The van der Waals surface area contributed by atoms with E-state index >= 15 is 0 Å². The van der Waals surface area contributed by atoms with Gasteiger partial charge in [-0.05, 0) is 41.5 Å². The topological polar surface area (TPSA) is 57.2 Å². The SMILES string of the molecule is COCc1ccc2c3c(C(N)=O)cccc3n(Cc3cccc(F)c3)c2c1. The van der Waals surface area contributed by atoms with E-state index in [1.807, 2.05) is 36.4 Å². The summed E-state index contributed by atoms with van der Waals surface area (Å²) in [5.74, 6) is -0.738. The molecule has 4 aromatic rings. The van der Waals surface area contributed by atoms with Crippen LogP contribution in [0.2, 0.25) is 0 Å². The average Bonchev–Trinajstić information content (AvgIpc) is 2.95. The van der Waals surface area contributed by atoms with E-state index in [9.17, 15) is 9.18 Å². The molecule has 0 aliphatic rings. The van der Waals surface area contributed by atoms with E-state index in [0.29, 0.717) is 18.7 Å². The fourth-order valence-electron chi connectivity index (χ4n) is 3.64. The zero-order chi connectivity index (χ0) is 19.0. The Morgan fingerprint density at radius 1 is 1.04 bits per heavy atom. The standard InChI is InChI=1S/C22H19FN2O2/c1-27-13-15-8-9-17-20(11-15)25(12-14-4-2-5-16(23)10-14)19-7-3-6-18(21(17)19)22(24)26/h2-11H,12-13H2,1H3,(H2,24,26). The zero-order valence-electron chi connectivity index (χ0n) is 14.9. The predicted molar refractivity (Wildman–Crippen MR) is 104 cm³/mol. The van der Waals surface area contributed by atoms with E-state index in [1.165, 1.54) is 12.1 Å². The number of amides is 1. The number of hydrogen-bond donors (Lipinski definition) is 1. The summed E-state index contributed by atoms with van der Waals surface area (Å²) < 4.78 is 21.0. The van der Waals surface area contributed by atoms with Crippen molar-refractivity contribution >= 4 is 27.7 Å². The lowest BCUT2D eigenvalue weighted by atomic mass is 10.0. The maximum atomic E-state index is 13.7. The molecular weight excluding hydrogens is 343 g/mol. The van der Waals surface area contributed by atoms with Crippen LogP contribution in [-0.4, -0.2) is 17.6 Å². The van der Waals surface area contributed by atoms with Gasteiger partial charge in [0.1, 0.15) is 5.82 Å². The van der Waals surface area contributed by atoms with E-state index in [-0.39, 0.29) is 5.82 Å². The molecule has 1 aromatic heterocycles. The Kier molecular flexibility index (Phi) is 4.38. The first-order chi connectivity index (χ1) is 13.1. The van der Waals surface area contributed by atoms with Crippen LogP contribution in [-0.2, 0) is 17.9 Å². The summed E-state index contributed by atoms with van der Waals surface area (Å²) in [5, 5.41) is 1.76. The van der Waals surface area contributed by atoms with Gasteiger partial charge in [-0.3, -0.25) is 4.79 Å². The van der Waals surface area contributed by atoms with Gasteiger partial charge < -0.3 is 15.0 Å². The molecule has 1 amide bonds. The number of carbonyl (C=O) groups excluding carboxylic acids is 1. The Bertz CT molecular complexity index is 1160. The zero-order valence-corrected chi connectivity index (χ0v) is 14.9. The molecule has 0 bridgehead atoms. The second-order valence-electron chi connectivity index (χ2n) is 6.56. The number of hydrogen-bond acceptors (Lipinski definition) is 2. The lowest BCUT2D eigenvalue weighted by Crippen LogP contribution is -2.11. The Labute approximate surface area is 156 Å². The minimum absolute atomic E-state index is 0.272. The maximum absolute atomic E-state index is 13.7. The van der Waals surface area contributed by atoms with Gasteiger partial charge in [-0.2, -0.15) is 0 Å². The number of ether oxygens (including phenoxy) is 1. The minimum Gasteiger partial charge on any atom is -0.380 e.